The largest absolute Gasteiger partial charge is 0.339 e. The number of halogens is 1. The molecule has 0 bridgehead atoms. The summed E-state index contributed by atoms with van der Waals surface area (Å²) in [7, 11) is 0. The minimum Gasteiger partial charge on any atom is -0.339 e. The fourth-order valence-electron chi connectivity index (χ4n) is 1.21. The van der Waals surface area contributed by atoms with Crippen LogP contribution in [0.4, 0.5) is 0 Å². The standard InChI is InChI=1S/C8H14BrNO/c1-3-10(7-4-5-7)8(11)6(2)9/h6-7H,3-5H2,1-2H3. The van der Waals surface area contributed by atoms with E-state index in [1.165, 1.54) is 12.8 Å². The van der Waals surface area contributed by atoms with Crippen molar-refractivity contribution in [2.45, 2.75) is 37.6 Å². The van der Waals surface area contributed by atoms with Gasteiger partial charge in [0.25, 0.3) is 0 Å². The van der Waals surface area contributed by atoms with Gasteiger partial charge in [-0.05, 0) is 26.7 Å². The molecule has 3 heteroatoms. The number of carbonyl (C=O) groups excluding carboxylic acids is 1. The summed E-state index contributed by atoms with van der Waals surface area (Å²) in [6.45, 7) is 4.76. The zero-order valence-electron chi connectivity index (χ0n) is 7.01. The first-order valence-electron chi connectivity index (χ1n) is 4.11. The molecule has 0 radical (unpaired) electrons. The lowest BCUT2D eigenvalue weighted by molar-refractivity contribution is -0.130. The molecule has 1 saturated carbocycles. The molecule has 64 valence electrons. The van der Waals surface area contributed by atoms with Crippen LogP contribution in [0.15, 0.2) is 0 Å². The first-order valence-corrected chi connectivity index (χ1v) is 5.03. The maximum Gasteiger partial charge on any atom is 0.236 e. The van der Waals surface area contributed by atoms with E-state index in [0.717, 1.165) is 6.54 Å². The zero-order valence-corrected chi connectivity index (χ0v) is 8.60. The van der Waals surface area contributed by atoms with E-state index in [9.17, 15) is 4.79 Å². The van der Waals surface area contributed by atoms with Crippen LogP contribution in [0.1, 0.15) is 26.7 Å². The van der Waals surface area contributed by atoms with Gasteiger partial charge in [-0.25, -0.2) is 0 Å². The fourth-order valence-corrected chi connectivity index (χ4v) is 1.47. The summed E-state index contributed by atoms with van der Waals surface area (Å²) in [6, 6.07) is 0.549. The van der Waals surface area contributed by atoms with E-state index in [-0.39, 0.29) is 10.7 Å². The van der Waals surface area contributed by atoms with Crippen LogP contribution in [0.25, 0.3) is 0 Å². The third-order valence-electron chi connectivity index (χ3n) is 1.95. The van der Waals surface area contributed by atoms with Crippen LogP contribution in [0.2, 0.25) is 0 Å². The zero-order chi connectivity index (χ0) is 8.43. The Morgan fingerprint density at radius 3 is 2.55 bits per heavy atom. The summed E-state index contributed by atoms with van der Waals surface area (Å²) in [5, 5.41) is 0. The predicted octanol–water partition coefficient (Wildman–Crippen LogP) is 1.78. The molecule has 0 heterocycles. The lowest BCUT2D eigenvalue weighted by Crippen LogP contribution is -2.37. The number of hydrogen-bond acceptors (Lipinski definition) is 1. The third-order valence-corrected chi connectivity index (χ3v) is 2.34. The fraction of sp³-hybridized carbons (Fsp3) is 0.875. The van der Waals surface area contributed by atoms with Gasteiger partial charge in [0.15, 0.2) is 0 Å². The molecule has 2 nitrogen and oxygen atoms in total. The first kappa shape index (κ1) is 9.04. The van der Waals surface area contributed by atoms with Crippen molar-refractivity contribution in [3.8, 4) is 0 Å². The Morgan fingerprint density at radius 1 is 1.73 bits per heavy atom. The van der Waals surface area contributed by atoms with Crippen molar-refractivity contribution < 1.29 is 4.79 Å². The number of carbonyl (C=O) groups is 1. The molecule has 11 heavy (non-hydrogen) atoms. The van der Waals surface area contributed by atoms with Crippen LogP contribution in [0, 0.1) is 0 Å². The van der Waals surface area contributed by atoms with Crippen LogP contribution in [0.5, 0.6) is 0 Å². The summed E-state index contributed by atoms with van der Waals surface area (Å²) in [4.78, 5) is 13.4. The van der Waals surface area contributed by atoms with Gasteiger partial charge in [0.1, 0.15) is 0 Å². The van der Waals surface area contributed by atoms with Crippen molar-refractivity contribution in [2.75, 3.05) is 6.54 Å². The summed E-state index contributed by atoms with van der Waals surface area (Å²) >= 11 is 3.29. The molecule has 0 aromatic carbocycles. The van der Waals surface area contributed by atoms with Crippen LogP contribution < -0.4 is 0 Å². The van der Waals surface area contributed by atoms with Crippen molar-refractivity contribution in [3.05, 3.63) is 0 Å². The Kier molecular flexibility index (Phi) is 2.93. The second kappa shape index (κ2) is 3.57. The van der Waals surface area contributed by atoms with Gasteiger partial charge in [-0.15, -0.1) is 0 Å². The molecule has 0 spiro atoms. The van der Waals surface area contributed by atoms with E-state index in [0.29, 0.717) is 6.04 Å². The maximum absolute atomic E-state index is 11.4. The molecule has 1 rings (SSSR count). The normalized spacial score (nSPS) is 19.5. The molecule has 1 atom stereocenters. The highest BCUT2D eigenvalue weighted by atomic mass is 79.9. The Morgan fingerprint density at radius 2 is 2.27 bits per heavy atom. The van der Waals surface area contributed by atoms with Gasteiger partial charge >= 0.3 is 0 Å². The van der Waals surface area contributed by atoms with E-state index in [2.05, 4.69) is 15.9 Å². The minimum atomic E-state index is -0.0250. The summed E-state index contributed by atoms with van der Waals surface area (Å²) in [5.41, 5.74) is 0. The van der Waals surface area contributed by atoms with Gasteiger partial charge < -0.3 is 4.90 Å². The quantitative estimate of drug-likeness (QED) is 0.664. The van der Waals surface area contributed by atoms with E-state index in [1.807, 2.05) is 18.7 Å². The second-order valence-corrected chi connectivity index (χ2v) is 4.34. The van der Waals surface area contributed by atoms with E-state index >= 15 is 0 Å². The smallest absolute Gasteiger partial charge is 0.236 e. The Bertz CT molecular complexity index is 154. The number of hydrogen-bond donors (Lipinski definition) is 0. The Balaban J connectivity index is 2.46. The van der Waals surface area contributed by atoms with Crippen LogP contribution >= 0.6 is 15.9 Å². The Labute approximate surface area is 76.1 Å². The van der Waals surface area contributed by atoms with Gasteiger partial charge in [-0.3, -0.25) is 4.79 Å². The van der Waals surface area contributed by atoms with Crippen LogP contribution in [-0.4, -0.2) is 28.2 Å². The molecular weight excluding hydrogens is 206 g/mol. The predicted molar refractivity (Wildman–Crippen MR) is 48.8 cm³/mol. The molecule has 1 fully saturated rings. The van der Waals surface area contributed by atoms with Gasteiger partial charge in [0.2, 0.25) is 5.91 Å². The van der Waals surface area contributed by atoms with E-state index in [1.54, 1.807) is 0 Å². The molecule has 1 unspecified atom stereocenters. The van der Waals surface area contributed by atoms with Gasteiger partial charge in [0, 0.05) is 12.6 Å². The highest BCUT2D eigenvalue weighted by Crippen LogP contribution is 2.27. The molecule has 1 aliphatic carbocycles. The molecule has 0 N–H and O–H groups in total. The van der Waals surface area contributed by atoms with E-state index in [4.69, 9.17) is 0 Å². The SMILES string of the molecule is CCN(C(=O)C(C)Br)C1CC1. The van der Waals surface area contributed by atoms with Crippen molar-refractivity contribution in [1.82, 2.24) is 4.90 Å². The first-order chi connectivity index (χ1) is 5.16. The lowest BCUT2D eigenvalue weighted by atomic mass is 10.3. The molecule has 0 aliphatic heterocycles. The monoisotopic (exact) mass is 219 g/mol. The molecule has 0 saturated heterocycles. The van der Waals surface area contributed by atoms with Crippen molar-refractivity contribution in [1.29, 1.82) is 0 Å². The summed E-state index contributed by atoms with van der Waals surface area (Å²) in [5.74, 6) is 0.231. The summed E-state index contributed by atoms with van der Waals surface area (Å²) < 4.78 is 0. The molecule has 1 aliphatic rings. The average molecular weight is 220 g/mol. The number of alkyl halides is 1. The molecule has 0 aromatic rings. The summed E-state index contributed by atoms with van der Waals surface area (Å²) in [6.07, 6.45) is 2.39. The highest BCUT2D eigenvalue weighted by molar-refractivity contribution is 9.10. The van der Waals surface area contributed by atoms with E-state index < -0.39 is 0 Å². The number of nitrogens with zero attached hydrogens (tertiary/aromatic N) is 1. The molecule has 0 aromatic heterocycles. The second-order valence-electron chi connectivity index (χ2n) is 2.97. The number of amides is 1. The van der Waals surface area contributed by atoms with Crippen molar-refractivity contribution in [3.63, 3.8) is 0 Å². The molecular formula is C8H14BrNO. The van der Waals surface area contributed by atoms with Crippen LogP contribution in [-0.2, 0) is 4.79 Å². The highest BCUT2D eigenvalue weighted by Gasteiger charge is 2.32. The van der Waals surface area contributed by atoms with Crippen molar-refractivity contribution >= 4 is 21.8 Å². The topological polar surface area (TPSA) is 20.3 Å². The van der Waals surface area contributed by atoms with Gasteiger partial charge in [-0.2, -0.15) is 0 Å². The third kappa shape index (κ3) is 2.19. The average Bonchev–Trinajstić information content (AvgIpc) is 2.72. The molecule has 1 amide bonds. The Hall–Kier alpha value is -0.0500. The van der Waals surface area contributed by atoms with Crippen LogP contribution in [0.3, 0.4) is 0 Å². The maximum atomic E-state index is 11.4. The van der Waals surface area contributed by atoms with Gasteiger partial charge in [0.05, 0.1) is 4.83 Å². The van der Waals surface area contributed by atoms with Crippen molar-refractivity contribution in [2.24, 2.45) is 0 Å². The number of rotatable bonds is 3. The van der Waals surface area contributed by atoms with Gasteiger partial charge in [-0.1, -0.05) is 15.9 Å². The lowest BCUT2D eigenvalue weighted by Gasteiger charge is -2.21. The minimum absolute atomic E-state index is 0.0250.